The number of hydrogen-bond acceptors (Lipinski definition) is 3. The maximum atomic E-state index is 13.1. The van der Waals surface area contributed by atoms with Gasteiger partial charge in [0, 0.05) is 6.54 Å². The molecule has 0 spiro atoms. The molecule has 1 aromatic rings. The Balaban J connectivity index is 2.85. The van der Waals surface area contributed by atoms with E-state index in [1.54, 1.807) is 0 Å². The topological polar surface area (TPSA) is 66.4 Å². The number of benzene rings is 1. The highest BCUT2D eigenvalue weighted by atomic mass is 32.2. The summed E-state index contributed by atoms with van der Waals surface area (Å²) < 4.78 is 39.4. The van der Waals surface area contributed by atoms with Gasteiger partial charge in [-0.25, -0.2) is 17.5 Å². The summed E-state index contributed by atoms with van der Waals surface area (Å²) in [5.41, 5.74) is -0.152. The van der Waals surface area contributed by atoms with Crippen LogP contribution in [0.1, 0.15) is 26.3 Å². The van der Waals surface area contributed by atoms with Crippen LogP contribution in [-0.2, 0) is 10.0 Å². The van der Waals surface area contributed by atoms with Crippen LogP contribution in [0.2, 0.25) is 0 Å². The highest BCUT2D eigenvalue weighted by Crippen LogP contribution is 2.19. The number of nitrogens with one attached hydrogen (secondary N) is 1. The molecule has 6 heteroatoms. The van der Waals surface area contributed by atoms with E-state index in [4.69, 9.17) is 0 Å². The molecule has 0 aliphatic heterocycles. The Hall–Kier alpha value is -0.980. The maximum absolute atomic E-state index is 13.1. The number of halogens is 1. The van der Waals surface area contributed by atoms with E-state index in [-0.39, 0.29) is 17.0 Å². The normalized spacial score (nSPS) is 14.4. The van der Waals surface area contributed by atoms with Crippen LogP contribution >= 0.6 is 0 Å². The first-order chi connectivity index (χ1) is 8.54. The van der Waals surface area contributed by atoms with Crippen molar-refractivity contribution in [3.05, 3.63) is 29.6 Å². The lowest BCUT2D eigenvalue weighted by Gasteiger charge is -2.25. The van der Waals surface area contributed by atoms with Gasteiger partial charge >= 0.3 is 0 Å². The average molecular weight is 289 g/mol. The molecule has 1 aromatic carbocycles. The number of aryl methyl sites for hydroxylation is 1. The van der Waals surface area contributed by atoms with Gasteiger partial charge in [0.1, 0.15) is 5.82 Å². The van der Waals surface area contributed by atoms with Gasteiger partial charge in [-0.05, 0) is 36.1 Å². The lowest BCUT2D eigenvalue weighted by molar-refractivity contribution is 0.0677. The van der Waals surface area contributed by atoms with Gasteiger partial charge in [0.2, 0.25) is 10.0 Å². The van der Waals surface area contributed by atoms with Crippen molar-refractivity contribution < 1.29 is 17.9 Å². The molecule has 2 N–H and O–H groups in total. The van der Waals surface area contributed by atoms with Gasteiger partial charge < -0.3 is 5.11 Å². The molecule has 0 amide bonds. The van der Waals surface area contributed by atoms with Gasteiger partial charge in [-0.15, -0.1) is 0 Å². The van der Waals surface area contributed by atoms with Gasteiger partial charge in [-0.1, -0.05) is 20.8 Å². The van der Waals surface area contributed by atoms with E-state index in [1.807, 2.05) is 20.8 Å². The van der Waals surface area contributed by atoms with Crippen LogP contribution in [0.3, 0.4) is 0 Å². The van der Waals surface area contributed by atoms with Crippen LogP contribution in [0.4, 0.5) is 4.39 Å². The summed E-state index contributed by atoms with van der Waals surface area (Å²) in [5.74, 6) is -0.450. The maximum Gasteiger partial charge on any atom is 0.240 e. The first kappa shape index (κ1) is 16.1. The summed E-state index contributed by atoms with van der Waals surface area (Å²) in [7, 11) is -3.73. The molecule has 19 heavy (non-hydrogen) atoms. The average Bonchev–Trinajstić information content (AvgIpc) is 2.28. The summed E-state index contributed by atoms with van der Waals surface area (Å²) in [6, 6.07) is 3.58. The second kappa shape index (κ2) is 5.56. The molecule has 1 rings (SSSR count). The minimum atomic E-state index is -3.73. The summed E-state index contributed by atoms with van der Waals surface area (Å²) in [6.45, 7) is 6.86. The summed E-state index contributed by atoms with van der Waals surface area (Å²) in [5, 5.41) is 9.81. The molecular weight excluding hydrogens is 269 g/mol. The van der Waals surface area contributed by atoms with Crippen LogP contribution in [0.15, 0.2) is 23.1 Å². The van der Waals surface area contributed by atoms with Gasteiger partial charge in [0.25, 0.3) is 0 Å². The zero-order valence-corrected chi connectivity index (χ0v) is 12.4. The molecule has 0 aliphatic carbocycles. The third-order valence-electron chi connectivity index (χ3n) is 2.91. The number of aliphatic hydroxyl groups is 1. The second-order valence-electron chi connectivity index (χ2n) is 5.64. The van der Waals surface area contributed by atoms with Crippen LogP contribution in [0.25, 0.3) is 0 Å². The Labute approximate surface area is 113 Å². The van der Waals surface area contributed by atoms with Crippen LogP contribution < -0.4 is 4.72 Å². The van der Waals surface area contributed by atoms with Crippen molar-refractivity contribution in [3.8, 4) is 0 Å². The van der Waals surface area contributed by atoms with E-state index in [2.05, 4.69) is 4.72 Å². The molecule has 108 valence electrons. The Morgan fingerprint density at radius 1 is 1.37 bits per heavy atom. The van der Waals surface area contributed by atoms with E-state index >= 15 is 0 Å². The molecule has 1 atom stereocenters. The Bertz CT molecular complexity index is 549. The lowest BCUT2D eigenvalue weighted by atomic mass is 9.89. The fourth-order valence-corrected chi connectivity index (χ4v) is 2.49. The quantitative estimate of drug-likeness (QED) is 0.888. The van der Waals surface area contributed by atoms with E-state index in [1.165, 1.54) is 19.1 Å². The first-order valence-corrected chi connectivity index (χ1v) is 7.46. The molecule has 0 fully saturated rings. The van der Waals surface area contributed by atoms with Crippen LogP contribution in [-0.4, -0.2) is 26.2 Å². The number of aliphatic hydroxyl groups excluding tert-OH is 1. The van der Waals surface area contributed by atoms with Crippen molar-refractivity contribution in [1.29, 1.82) is 0 Å². The number of hydrogen-bond donors (Lipinski definition) is 2. The van der Waals surface area contributed by atoms with Crippen molar-refractivity contribution in [3.63, 3.8) is 0 Å². The third kappa shape index (κ3) is 4.26. The molecule has 0 radical (unpaired) electrons. The lowest BCUT2D eigenvalue weighted by Crippen LogP contribution is -2.39. The number of sulfonamides is 1. The standard InChI is InChI=1S/C13H20FNO3S/c1-9-7-10(5-6-11(9)14)19(17,18)15-8-12(16)13(2,3)4/h5-7,12,15-16H,8H2,1-4H3. The predicted molar refractivity (Wildman–Crippen MR) is 71.8 cm³/mol. The Morgan fingerprint density at radius 3 is 2.42 bits per heavy atom. The minimum absolute atomic E-state index is 0.00694. The molecule has 0 heterocycles. The molecule has 4 nitrogen and oxygen atoms in total. The monoisotopic (exact) mass is 289 g/mol. The fraction of sp³-hybridized carbons (Fsp3) is 0.538. The largest absolute Gasteiger partial charge is 0.391 e. The van der Waals surface area contributed by atoms with E-state index in [9.17, 15) is 17.9 Å². The molecule has 0 bridgehead atoms. The van der Waals surface area contributed by atoms with Crippen molar-refractivity contribution >= 4 is 10.0 Å². The zero-order valence-electron chi connectivity index (χ0n) is 11.6. The second-order valence-corrected chi connectivity index (χ2v) is 7.41. The summed E-state index contributed by atoms with van der Waals surface area (Å²) in [6.07, 6.45) is -0.802. The van der Waals surface area contributed by atoms with E-state index < -0.39 is 27.4 Å². The smallest absolute Gasteiger partial charge is 0.240 e. The van der Waals surface area contributed by atoms with E-state index in [0.717, 1.165) is 6.07 Å². The third-order valence-corrected chi connectivity index (χ3v) is 4.33. The van der Waals surface area contributed by atoms with Gasteiger partial charge in [-0.3, -0.25) is 0 Å². The van der Waals surface area contributed by atoms with Crippen molar-refractivity contribution in [2.24, 2.45) is 5.41 Å². The molecule has 0 aliphatic rings. The highest BCUT2D eigenvalue weighted by Gasteiger charge is 2.24. The van der Waals surface area contributed by atoms with Gasteiger partial charge in [0.05, 0.1) is 11.0 Å². The molecular formula is C13H20FNO3S. The van der Waals surface area contributed by atoms with Crippen molar-refractivity contribution in [1.82, 2.24) is 4.72 Å². The molecule has 0 saturated heterocycles. The highest BCUT2D eigenvalue weighted by molar-refractivity contribution is 7.89. The van der Waals surface area contributed by atoms with Gasteiger partial charge in [0.15, 0.2) is 0 Å². The molecule has 0 saturated carbocycles. The SMILES string of the molecule is Cc1cc(S(=O)(=O)NCC(O)C(C)(C)C)ccc1F. The van der Waals surface area contributed by atoms with E-state index in [0.29, 0.717) is 0 Å². The van der Waals surface area contributed by atoms with Gasteiger partial charge in [-0.2, -0.15) is 0 Å². The molecule has 0 aromatic heterocycles. The van der Waals surface area contributed by atoms with Crippen molar-refractivity contribution in [2.45, 2.75) is 38.7 Å². The first-order valence-electron chi connectivity index (χ1n) is 5.98. The summed E-state index contributed by atoms with van der Waals surface area (Å²) in [4.78, 5) is -0.00694. The number of rotatable bonds is 4. The Morgan fingerprint density at radius 2 is 1.95 bits per heavy atom. The van der Waals surface area contributed by atoms with Crippen LogP contribution in [0.5, 0.6) is 0 Å². The molecule has 1 unspecified atom stereocenters. The van der Waals surface area contributed by atoms with Crippen molar-refractivity contribution in [2.75, 3.05) is 6.54 Å². The van der Waals surface area contributed by atoms with Crippen LogP contribution in [0, 0.1) is 18.2 Å². The summed E-state index contributed by atoms with van der Waals surface area (Å²) >= 11 is 0. The predicted octanol–water partition coefficient (Wildman–Crippen LogP) is 1.82. The Kier molecular flexibility index (Phi) is 4.71. The fourth-order valence-electron chi connectivity index (χ4n) is 1.36. The zero-order chi connectivity index (χ0) is 14.8. The minimum Gasteiger partial charge on any atom is -0.391 e.